The van der Waals surface area contributed by atoms with Crippen molar-refractivity contribution in [3.8, 4) is 0 Å². The first-order valence-electron chi connectivity index (χ1n) is 7.85. The maximum absolute atomic E-state index is 12.6. The fraction of sp³-hybridized carbons (Fsp3) is 0.529. The molecular formula is C17H24N2O3S. The Morgan fingerprint density at radius 1 is 1.30 bits per heavy atom. The van der Waals surface area contributed by atoms with E-state index in [0.717, 1.165) is 12.8 Å². The largest absolute Gasteiger partial charge is 0.355 e. The molecule has 1 heterocycles. The summed E-state index contributed by atoms with van der Waals surface area (Å²) in [5.74, 6) is 0.363. The number of carbonyl (C=O) groups is 2. The molecule has 1 N–H and O–H groups in total. The smallest absolute Gasteiger partial charge is 0.253 e. The third-order valence-corrected chi connectivity index (χ3v) is 5.01. The highest BCUT2D eigenvalue weighted by Crippen LogP contribution is 2.30. The van der Waals surface area contributed by atoms with Gasteiger partial charge in [0.25, 0.3) is 5.91 Å². The van der Waals surface area contributed by atoms with E-state index < -0.39 is 16.2 Å². The number of hydrogen-bond acceptors (Lipinski definition) is 3. The summed E-state index contributed by atoms with van der Waals surface area (Å²) in [4.78, 5) is 26.8. The fourth-order valence-corrected chi connectivity index (χ4v) is 3.27. The zero-order valence-electron chi connectivity index (χ0n) is 13.7. The lowest BCUT2D eigenvalue weighted by atomic mass is 9.80. The van der Waals surface area contributed by atoms with Gasteiger partial charge in [-0.25, -0.2) is 0 Å². The van der Waals surface area contributed by atoms with E-state index in [-0.39, 0.29) is 11.8 Å². The lowest BCUT2D eigenvalue weighted by Crippen LogP contribution is -2.52. The molecular weight excluding hydrogens is 312 g/mol. The van der Waals surface area contributed by atoms with Gasteiger partial charge >= 0.3 is 0 Å². The van der Waals surface area contributed by atoms with Gasteiger partial charge < -0.3 is 10.2 Å². The van der Waals surface area contributed by atoms with Crippen LogP contribution in [0.3, 0.4) is 0 Å². The Bertz CT molecular complexity index is 591. The third-order valence-electron chi connectivity index (χ3n) is 4.23. The summed E-state index contributed by atoms with van der Waals surface area (Å²) in [5, 5.41) is 2.85. The van der Waals surface area contributed by atoms with Gasteiger partial charge in [-0.2, -0.15) is 0 Å². The molecule has 0 unspecified atom stereocenters. The van der Waals surface area contributed by atoms with Crippen LogP contribution >= 0.6 is 0 Å². The van der Waals surface area contributed by atoms with Crippen molar-refractivity contribution >= 4 is 22.6 Å². The number of rotatable bonds is 5. The number of benzene rings is 1. The molecule has 0 bridgehead atoms. The van der Waals surface area contributed by atoms with Crippen LogP contribution in [0.2, 0.25) is 0 Å². The Morgan fingerprint density at radius 3 is 2.65 bits per heavy atom. The Kier molecular flexibility index (Phi) is 5.93. The van der Waals surface area contributed by atoms with Gasteiger partial charge in [0.05, 0.1) is 5.41 Å². The molecule has 126 valence electrons. The van der Waals surface area contributed by atoms with Crippen molar-refractivity contribution in [2.24, 2.45) is 5.41 Å². The zero-order valence-corrected chi connectivity index (χ0v) is 14.5. The van der Waals surface area contributed by atoms with Gasteiger partial charge in [0, 0.05) is 48.0 Å². The van der Waals surface area contributed by atoms with E-state index in [0.29, 0.717) is 31.0 Å². The summed E-state index contributed by atoms with van der Waals surface area (Å²) < 4.78 is 11.1. The van der Waals surface area contributed by atoms with Gasteiger partial charge in [-0.15, -0.1) is 0 Å². The monoisotopic (exact) mass is 336 g/mol. The number of piperidine rings is 1. The summed E-state index contributed by atoms with van der Waals surface area (Å²) in [6.45, 7) is 3.40. The topological polar surface area (TPSA) is 66.5 Å². The van der Waals surface area contributed by atoms with Gasteiger partial charge in [-0.1, -0.05) is 18.2 Å². The van der Waals surface area contributed by atoms with Gasteiger partial charge in [-0.3, -0.25) is 13.8 Å². The SMILES string of the molecule is C[S@](=O)CCNC(=O)[C@]1(C)CCCN(C(=O)c2ccccc2)C1. The Balaban J connectivity index is 2.00. The van der Waals surface area contributed by atoms with Crippen molar-refractivity contribution < 1.29 is 13.8 Å². The second-order valence-electron chi connectivity index (χ2n) is 6.29. The van der Waals surface area contributed by atoms with Gasteiger partial charge in [0.15, 0.2) is 0 Å². The second kappa shape index (κ2) is 7.73. The van der Waals surface area contributed by atoms with E-state index in [1.165, 1.54) is 0 Å². The fourth-order valence-electron chi connectivity index (χ4n) is 2.88. The van der Waals surface area contributed by atoms with Crippen LogP contribution in [0, 0.1) is 5.41 Å². The molecule has 0 aliphatic carbocycles. The molecule has 1 saturated heterocycles. The van der Waals surface area contributed by atoms with Crippen LogP contribution in [0.1, 0.15) is 30.1 Å². The molecule has 0 saturated carbocycles. The van der Waals surface area contributed by atoms with E-state index in [9.17, 15) is 13.8 Å². The average Bonchev–Trinajstić information content (AvgIpc) is 2.54. The summed E-state index contributed by atoms with van der Waals surface area (Å²) in [5.41, 5.74) is 0.0660. The summed E-state index contributed by atoms with van der Waals surface area (Å²) >= 11 is 0. The number of likely N-dealkylation sites (tertiary alicyclic amines) is 1. The lowest BCUT2D eigenvalue weighted by Gasteiger charge is -2.39. The minimum absolute atomic E-state index is 0.0287. The standard InChI is InChI=1S/C17H24N2O3S/c1-17(16(21)18-10-12-23(2)22)9-6-11-19(13-17)15(20)14-7-4-3-5-8-14/h3-5,7-8H,6,9-13H2,1-2H3,(H,18,21)/t17-,23+/m1/s1. The highest BCUT2D eigenvalue weighted by Gasteiger charge is 2.39. The first-order chi connectivity index (χ1) is 10.9. The number of nitrogens with one attached hydrogen (secondary N) is 1. The van der Waals surface area contributed by atoms with E-state index in [4.69, 9.17) is 0 Å². The van der Waals surface area contributed by atoms with E-state index in [2.05, 4.69) is 5.32 Å². The molecule has 5 nitrogen and oxygen atoms in total. The molecule has 23 heavy (non-hydrogen) atoms. The minimum atomic E-state index is -0.919. The molecule has 2 atom stereocenters. The van der Waals surface area contributed by atoms with Gasteiger partial charge in [0.1, 0.15) is 0 Å². The molecule has 1 fully saturated rings. The third kappa shape index (κ3) is 4.64. The highest BCUT2D eigenvalue weighted by molar-refractivity contribution is 7.84. The molecule has 0 spiro atoms. The van der Waals surface area contributed by atoms with Crippen LogP contribution in [0.5, 0.6) is 0 Å². The van der Waals surface area contributed by atoms with Crippen molar-refractivity contribution in [2.75, 3.05) is 31.6 Å². The van der Waals surface area contributed by atoms with Crippen molar-refractivity contribution in [3.63, 3.8) is 0 Å². The maximum atomic E-state index is 12.6. The number of nitrogens with zero attached hydrogens (tertiary/aromatic N) is 1. The molecule has 0 aromatic heterocycles. The summed E-state index contributed by atoms with van der Waals surface area (Å²) in [7, 11) is -0.919. The normalized spacial score (nSPS) is 22.4. The van der Waals surface area contributed by atoms with Crippen molar-refractivity contribution in [1.82, 2.24) is 10.2 Å². The van der Waals surface area contributed by atoms with Gasteiger partial charge in [-0.05, 0) is 31.9 Å². The highest BCUT2D eigenvalue weighted by atomic mass is 32.2. The predicted molar refractivity (Wildman–Crippen MR) is 91.6 cm³/mol. The lowest BCUT2D eigenvalue weighted by molar-refractivity contribution is -0.132. The molecule has 1 aromatic rings. The van der Waals surface area contributed by atoms with Crippen molar-refractivity contribution in [3.05, 3.63) is 35.9 Å². The van der Waals surface area contributed by atoms with Crippen LogP contribution in [0.15, 0.2) is 30.3 Å². The van der Waals surface area contributed by atoms with E-state index in [1.807, 2.05) is 25.1 Å². The minimum Gasteiger partial charge on any atom is -0.355 e. The van der Waals surface area contributed by atoms with Crippen LogP contribution in [0.4, 0.5) is 0 Å². The quantitative estimate of drug-likeness (QED) is 0.884. The molecule has 1 aliphatic heterocycles. The Hall–Kier alpha value is -1.69. The average molecular weight is 336 g/mol. The number of hydrogen-bond donors (Lipinski definition) is 1. The van der Waals surface area contributed by atoms with Gasteiger partial charge in [0.2, 0.25) is 5.91 Å². The van der Waals surface area contributed by atoms with E-state index in [1.54, 1.807) is 23.3 Å². The first-order valence-corrected chi connectivity index (χ1v) is 9.58. The van der Waals surface area contributed by atoms with Crippen LogP contribution < -0.4 is 5.32 Å². The molecule has 0 radical (unpaired) electrons. The summed E-state index contributed by atoms with van der Waals surface area (Å²) in [6.07, 6.45) is 3.18. The first kappa shape index (κ1) is 17.7. The summed E-state index contributed by atoms with van der Waals surface area (Å²) in [6, 6.07) is 9.15. The van der Waals surface area contributed by atoms with Crippen LogP contribution in [-0.2, 0) is 15.6 Å². The zero-order chi connectivity index (χ0) is 16.9. The molecule has 2 rings (SSSR count). The Labute approximate surface area is 139 Å². The number of amides is 2. The van der Waals surface area contributed by atoms with Crippen LogP contribution in [0.25, 0.3) is 0 Å². The van der Waals surface area contributed by atoms with E-state index >= 15 is 0 Å². The molecule has 1 aliphatic rings. The molecule has 6 heteroatoms. The molecule has 2 amide bonds. The van der Waals surface area contributed by atoms with Crippen molar-refractivity contribution in [2.45, 2.75) is 19.8 Å². The number of carbonyl (C=O) groups excluding carboxylic acids is 2. The molecule has 1 aromatic carbocycles. The predicted octanol–water partition coefficient (Wildman–Crippen LogP) is 1.42. The second-order valence-corrected chi connectivity index (χ2v) is 7.84. The van der Waals surface area contributed by atoms with Crippen LogP contribution in [-0.4, -0.2) is 52.6 Å². The maximum Gasteiger partial charge on any atom is 0.253 e. The van der Waals surface area contributed by atoms with Crippen molar-refractivity contribution in [1.29, 1.82) is 0 Å². The Morgan fingerprint density at radius 2 is 2.00 bits per heavy atom.